The van der Waals surface area contributed by atoms with Gasteiger partial charge < -0.3 is 0 Å². The van der Waals surface area contributed by atoms with Crippen molar-refractivity contribution in [3.63, 3.8) is 0 Å². The number of Topliss-reactive ketones (excluding diaryl/α,β-unsaturated/α-hetero) is 1. The van der Waals surface area contributed by atoms with Crippen LogP contribution in [-0.4, -0.2) is 5.78 Å². The second-order valence-corrected chi connectivity index (χ2v) is 4.97. The smallest absolute Gasteiger partial charge is 0.172 e. The molecule has 0 atom stereocenters. The molecule has 0 aliphatic heterocycles. The highest BCUT2D eigenvalue weighted by Crippen LogP contribution is 2.25. The molecule has 0 amide bonds. The van der Waals surface area contributed by atoms with Crippen LogP contribution in [0.4, 0.5) is 0 Å². The van der Waals surface area contributed by atoms with Crippen LogP contribution in [0, 0.1) is 12.8 Å². The minimum absolute atomic E-state index is 0.280. The third-order valence-corrected chi connectivity index (χ3v) is 3.52. The first-order valence-corrected chi connectivity index (χ1v) is 6.04. The van der Waals surface area contributed by atoms with Crippen LogP contribution in [0.2, 0.25) is 0 Å². The Balaban J connectivity index is 2.90. The van der Waals surface area contributed by atoms with Gasteiger partial charge in [-0.25, -0.2) is 0 Å². The van der Waals surface area contributed by atoms with E-state index in [0.29, 0.717) is 12.3 Å². The zero-order valence-electron chi connectivity index (χ0n) is 9.39. The van der Waals surface area contributed by atoms with Gasteiger partial charge in [0, 0.05) is 6.42 Å². The fourth-order valence-electron chi connectivity index (χ4n) is 1.53. The molecule has 0 fully saturated rings. The minimum Gasteiger partial charge on any atom is -0.293 e. The van der Waals surface area contributed by atoms with Crippen LogP contribution in [0.1, 0.15) is 48.0 Å². The summed E-state index contributed by atoms with van der Waals surface area (Å²) in [5.74, 6) is 0.940. The average molecular weight is 210 g/mol. The van der Waals surface area contributed by atoms with Crippen molar-refractivity contribution in [2.45, 2.75) is 40.5 Å². The van der Waals surface area contributed by atoms with Crippen molar-refractivity contribution >= 4 is 17.1 Å². The van der Waals surface area contributed by atoms with Gasteiger partial charge in [-0.05, 0) is 35.8 Å². The second kappa shape index (κ2) is 4.74. The zero-order chi connectivity index (χ0) is 10.7. The van der Waals surface area contributed by atoms with E-state index < -0.39 is 0 Å². The van der Waals surface area contributed by atoms with Gasteiger partial charge in [0.15, 0.2) is 5.78 Å². The van der Waals surface area contributed by atoms with Gasteiger partial charge in [-0.1, -0.05) is 20.8 Å². The molecular formula is C12H18OS. The van der Waals surface area contributed by atoms with E-state index in [0.717, 1.165) is 11.3 Å². The van der Waals surface area contributed by atoms with Crippen LogP contribution in [0.3, 0.4) is 0 Å². The predicted molar refractivity (Wildman–Crippen MR) is 62.2 cm³/mol. The molecule has 0 aliphatic rings. The van der Waals surface area contributed by atoms with E-state index in [1.807, 2.05) is 6.92 Å². The van der Waals surface area contributed by atoms with Gasteiger partial charge >= 0.3 is 0 Å². The fraction of sp³-hybridized carbons (Fsp3) is 0.583. The van der Waals surface area contributed by atoms with Crippen molar-refractivity contribution in [3.8, 4) is 0 Å². The molecule has 0 bridgehead atoms. The van der Waals surface area contributed by atoms with Crippen molar-refractivity contribution in [2.24, 2.45) is 5.92 Å². The third kappa shape index (κ3) is 2.44. The molecule has 2 heteroatoms. The number of carbonyl (C=O) groups excluding carboxylic acids is 1. The van der Waals surface area contributed by atoms with Gasteiger partial charge in [-0.2, -0.15) is 0 Å². The molecule has 0 N–H and O–H groups in total. The van der Waals surface area contributed by atoms with Gasteiger partial charge in [-0.3, -0.25) is 4.79 Å². The Morgan fingerprint density at radius 2 is 2.14 bits per heavy atom. The second-order valence-electron chi connectivity index (χ2n) is 4.09. The Hall–Kier alpha value is -0.630. The van der Waals surface area contributed by atoms with Crippen molar-refractivity contribution in [3.05, 3.63) is 21.4 Å². The highest BCUT2D eigenvalue weighted by molar-refractivity contribution is 7.12. The molecule has 1 heterocycles. The maximum atomic E-state index is 11.5. The number of hydrogen-bond acceptors (Lipinski definition) is 2. The Kier molecular flexibility index (Phi) is 3.87. The monoisotopic (exact) mass is 210 g/mol. The first-order valence-electron chi connectivity index (χ1n) is 5.16. The third-order valence-electron chi connectivity index (χ3n) is 2.34. The lowest BCUT2D eigenvalue weighted by Gasteiger charge is -2.04. The van der Waals surface area contributed by atoms with Crippen molar-refractivity contribution < 1.29 is 4.79 Å². The molecule has 0 unspecified atom stereocenters. The average Bonchev–Trinajstić information content (AvgIpc) is 2.46. The molecule has 14 heavy (non-hydrogen) atoms. The molecule has 1 rings (SSSR count). The number of rotatable bonds is 4. The number of hydrogen-bond donors (Lipinski definition) is 0. The molecule has 0 aliphatic carbocycles. The van der Waals surface area contributed by atoms with Crippen LogP contribution in [0.25, 0.3) is 0 Å². The van der Waals surface area contributed by atoms with Gasteiger partial charge in [0.05, 0.1) is 4.88 Å². The molecule has 0 aromatic carbocycles. The topological polar surface area (TPSA) is 17.1 Å². The van der Waals surface area contributed by atoms with Gasteiger partial charge in [0.25, 0.3) is 0 Å². The summed E-state index contributed by atoms with van der Waals surface area (Å²) in [5, 5.41) is 2.14. The molecule has 1 aromatic heterocycles. The summed E-state index contributed by atoms with van der Waals surface area (Å²) < 4.78 is 0. The van der Waals surface area contributed by atoms with Crippen LogP contribution in [0.15, 0.2) is 5.38 Å². The first-order chi connectivity index (χ1) is 6.56. The Labute approximate surface area is 90.2 Å². The predicted octanol–water partition coefficient (Wildman–Crippen LogP) is 3.85. The van der Waals surface area contributed by atoms with Crippen LogP contribution in [0.5, 0.6) is 0 Å². The summed E-state index contributed by atoms with van der Waals surface area (Å²) in [7, 11) is 0. The normalized spacial score (nSPS) is 10.9. The lowest BCUT2D eigenvalue weighted by molar-refractivity contribution is 0.0991. The Morgan fingerprint density at radius 1 is 1.50 bits per heavy atom. The molecule has 0 saturated carbocycles. The number of carbonyl (C=O) groups is 1. The highest BCUT2D eigenvalue weighted by atomic mass is 32.1. The molecular weight excluding hydrogens is 192 g/mol. The van der Waals surface area contributed by atoms with E-state index in [1.54, 1.807) is 11.3 Å². The highest BCUT2D eigenvalue weighted by Gasteiger charge is 2.13. The quantitative estimate of drug-likeness (QED) is 0.690. The van der Waals surface area contributed by atoms with Crippen molar-refractivity contribution in [1.29, 1.82) is 0 Å². The van der Waals surface area contributed by atoms with E-state index in [4.69, 9.17) is 0 Å². The molecule has 1 nitrogen and oxygen atoms in total. The minimum atomic E-state index is 0.280. The molecule has 0 radical (unpaired) electrons. The van der Waals surface area contributed by atoms with Crippen LogP contribution >= 0.6 is 11.3 Å². The van der Waals surface area contributed by atoms with E-state index in [-0.39, 0.29) is 5.78 Å². The summed E-state index contributed by atoms with van der Waals surface area (Å²) in [4.78, 5) is 12.5. The first kappa shape index (κ1) is 11.4. The molecule has 1 aromatic rings. The van der Waals surface area contributed by atoms with Crippen LogP contribution in [-0.2, 0) is 6.42 Å². The largest absolute Gasteiger partial charge is 0.293 e. The summed E-state index contributed by atoms with van der Waals surface area (Å²) >= 11 is 1.60. The van der Waals surface area contributed by atoms with E-state index >= 15 is 0 Å². The lowest BCUT2D eigenvalue weighted by atomic mass is 10.0. The number of ketones is 1. The van der Waals surface area contributed by atoms with Crippen molar-refractivity contribution in [1.82, 2.24) is 0 Å². The van der Waals surface area contributed by atoms with Gasteiger partial charge in [-0.15, -0.1) is 11.3 Å². The lowest BCUT2D eigenvalue weighted by Crippen LogP contribution is -1.98. The van der Waals surface area contributed by atoms with Gasteiger partial charge in [0.2, 0.25) is 0 Å². The van der Waals surface area contributed by atoms with Gasteiger partial charge in [0.1, 0.15) is 0 Å². The summed E-state index contributed by atoms with van der Waals surface area (Å²) in [6, 6.07) is 0. The SMILES string of the molecule is CCC(=O)c1scc(CC(C)C)c1C. The summed E-state index contributed by atoms with van der Waals surface area (Å²) in [6.45, 7) is 8.40. The summed E-state index contributed by atoms with van der Waals surface area (Å²) in [6.07, 6.45) is 1.70. The van der Waals surface area contributed by atoms with E-state index in [9.17, 15) is 4.79 Å². The Morgan fingerprint density at radius 3 is 2.64 bits per heavy atom. The molecule has 0 spiro atoms. The fourth-order valence-corrected chi connectivity index (χ4v) is 2.65. The maximum Gasteiger partial charge on any atom is 0.172 e. The molecule has 0 saturated heterocycles. The van der Waals surface area contributed by atoms with Crippen LogP contribution < -0.4 is 0 Å². The molecule has 78 valence electrons. The van der Waals surface area contributed by atoms with E-state index in [2.05, 4.69) is 26.2 Å². The summed E-state index contributed by atoms with van der Waals surface area (Å²) in [5.41, 5.74) is 2.55. The van der Waals surface area contributed by atoms with Crippen molar-refractivity contribution in [2.75, 3.05) is 0 Å². The van der Waals surface area contributed by atoms with E-state index in [1.165, 1.54) is 11.1 Å². The Bertz CT molecular complexity index is 323. The zero-order valence-corrected chi connectivity index (χ0v) is 10.2. The number of thiophene rings is 1. The maximum absolute atomic E-state index is 11.5. The standard InChI is InChI=1S/C12H18OS/c1-5-11(13)12-9(4)10(7-14-12)6-8(2)3/h7-8H,5-6H2,1-4H3.